The van der Waals surface area contributed by atoms with E-state index in [2.05, 4.69) is 9.62 Å². The molecule has 20 heavy (non-hydrogen) atoms. The van der Waals surface area contributed by atoms with Crippen LogP contribution in [-0.4, -0.2) is 44.4 Å². The molecule has 0 spiro atoms. The van der Waals surface area contributed by atoms with Crippen molar-refractivity contribution in [1.29, 1.82) is 0 Å². The van der Waals surface area contributed by atoms with Crippen molar-refractivity contribution in [3.63, 3.8) is 0 Å². The number of thiophene rings is 1. The van der Waals surface area contributed by atoms with Crippen molar-refractivity contribution in [2.45, 2.75) is 23.1 Å². The van der Waals surface area contributed by atoms with Crippen LogP contribution >= 0.6 is 22.9 Å². The summed E-state index contributed by atoms with van der Waals surface area (Å²) in [6.45, 7) is 1.24. The minimum absolute atomic E-state index is 0.130. The van der Waals surface area contributed by atoms with Gasteiger partial charge in [-0.25, -0.2) is 13.1 Å². The smallest absolute Gasteiger partial charge is 0.300 e. The zero-order chi connectivity index (χ0) is 14.9. The van der Waals surface area contributed by atoms with Gasteiger partial charge in [0, 0.05) is 18.7 Å². The van der Waals surface area contributed by atoms with E-state index in [1.54, 1.807) is 0 Å². The van der Waals surface area contributed by atoms with Crippen molar-refractivity contribution in [2.75, 3.05) is 20.1 Å². The molecule has 0 aliphatic carbocycles. The number of halogens is 1. The van der Waals surface area contributed by atoms with Crippen LogP contribution in [0.5, 0.6) is 0 Å². The predicted molar refractivity (Wildman–Crippen MR) is 76.8 cm³/mol. The van der Waals surface area contributed by atoms with Crippen LogP contribution in [0, 0.1) is 10.1 Å². The summed E-state index contributed by atoms with van der Waals surface area (Å²) in [6, 6.07) is 1.16. The zero-order valence-electron chi connectivity index (χ0n) is 10.7. The Labute approximate surface area is 125 Å². The average molecular weight is 340 g/mol. The molecule has 10 heteroatoms. The Kier molecular flexibility index (Phi) is 4.65. The molecule has 0 aromatic carbocycles. The number of likely N-dealkylation sites (tertiary alicyclic amines) is 1. The van der Waals surface area contributed by atoms with Crippen molar-refractivity contribution in [3.8, 4) is 0 Å². The molecule has 1 atom stereocenters. The first kappa shape index (κ1) is 15.6. The second-order valence-corrected chi connectivity index (χ2v) is 8.26. The molecule has 1 unspecified atom stereocenters. The lowest BCUT2D eigenvalue weighted by Gasteiger charge is -2.19. The van der Waals surface area contributed by atoms with Crippen molar-refractivity contribution < 1.29 is 13.3 Å². The van der Waals surface area contributed by atoms with Gasteiger partial charge in [0.2, 0.25) is 10.0 Å². The maximum atomic E-state index is 12.1. The van der Waals surface area contributed by atoms with Crippen LogP contribution in [-0.2, 0) is 10.0 Å². The van der Waals surface area contributed by atoms with Crippen molar-refractivity contribution >= 4 is 38.6 Å². The quantitative estimate of drug-likeness (QED) is 0.650. The molecule has 0 bridgehead atoms. The highest BCUT2D eigenvalue weighted by Gasteiger charge is 2.27. The SMILES string of the molecule is CN1CCCC1CNS(=O)(=O)c1cc([N+](=O)[O-])c(Cl)s1. The van der Waals surface area contributed by atoms with Gasteiger partial charge in [0.15, 0.2) is 4.34 Å². The molecule has 0 saturated carbocycles. The fraction of sp³-hybridized carbons (Fsp3) is 0.600. The first-order chi connectivity index (χ1) is 9.31. The zero-order valence-corrected chi connectivity index (χ0v) is 13.1. The molecule has 2 heterocycles. The van der Waals surface area contributed by atoms with E-state index in [0.29, 0.717) is 17.9 Å². The van der Waals surface area contributed by atoms with E-state index in [-0.39, 0.29) is 20.3 Å². The van der Waals surface area contributed by atoms with E-state index >= 15 is 0 Å². The molecular weight excluding hydrogens is 326 g/mol. The monoisotopic (exact) mass is 339 g/mol. The second-order valence-electron chi connectivity index (χ2n) is 4.61. The van der Waals surface area contributed by atoms with Crippen LogP contribution in [0.15, 0.2) is 10.3 Å². The Morgan fingerprint density at radius 3 is 2.85 bits per heavy atom. The largest absolute Gasteiger partial charge is 0.302 e. The number of likely N-dealkylation sites (N-methyl/N-ethyl adjacent to an activating group) is 1. The summed E-state index contributed by atoms with van der Waals surface area (Å²) in [7, 11) is -1.81. The summed E-state index contributed by atoms with van der Waals surface area (Å²) in [5.41, 5.74) is -0.380. The Bertz CT molecular complexity index is 616. The lowest BCUT2D eigenvalue weighted by molar-refractivity contribution is -0.384. The molecule has 2 rings (SSSR count). The van der Waals surface area contributed by atoms with Crippen LogP contribution < -0.4 is 4.72 Å². The summed E-state index contributed by atoms with van der Waals surface area (Å²) in [6.07, 6.45) is 1.98. The number of nitrogens with zero attached hydrogens (tertiary/aromatic N) is 2. The number of rotatable bonds is 5. The Morgan fingerprint density at radius 2 is 2.35 bits per heavy atom. The van der Waals surface area contributed by atoms with Gasteiger partial charge in [-0.15, -0.1) is 11.3 Å². The topological polar surface area (TPSA) is 92.6 Å². The molecule has 1 N–H and O–H groups in total. The minimum atomic E-state index is -3.75. The lowest BCUT2D eigenvalue weighted by atomic mass is 10.2. The fourth-order valence-corrected chi connectivity index (χ4v) is 4.89. The third-order valence-corrected chi connectivity index (χ3v) is 6.52. The van der Waals surface area contributed by atoms with Gasteiger partial charge in [0.05, 0.1) is 4.92 Å². The number of hydrogen-bond donors (Lipinski definition) is 1. The number of hydrogen-bond acceptors (Lipinski definition) is 6. The first-order valence-corrected chi connectivity index (χ1v) is 8.62. The third-order valence-electron chi connectivity index (χ3n) is 3.29. The highest BCUT2D eigenvalue weighted by molar-refractivity contribution is 7.91. The molecule has 1 aromatic rings. The second kappa shape index (κ2) is 5.94. The molecule has 1 aliphatic rings. The van der Waals surface area contributed by atoms with Crippen molar-refractivity contribution in [3.05, 3.63) is 20.5 Å². The first-order valence-electron chi connectivity index (χ1n) is 5.95. The summed E-state index contributed by atoms with van der Waals surface area (Å²) in [4.78, 5) is 12.1. The average Bonchev–Trinajstić information content (AvgIpc) is 2.93. The van der Waals surface area contributed by atoms with E-state index in [1.807, 2.05) is 7.05 Å². The Morgan fingerprint density at radius 1 is 1.65 bits per heavy atom. The van der Waals surface area contributed by atoms with Crippen LogP contribution in [0.3, 0.4) is 0 Å². The molecular formula is C10H14ClN3O4S2. The number of sulfonamides is 1. The molecule has 0 radical (unpaired) electrons. The van der Waals surface area contributed by atoms with Gasteiger partial charge in [0.1, 0.15) is 4.21 Å². The van der Waals surface area contributed by atoms with Crippen molar-refractivity contribution in [2.24, 2.45) is 0 Å². The number of nitro groups is 1. The van der Waals surface area contributed by atoms with E-state index < -0.39 is 14.9 Å². The predicted octanol–water partition coefficient (Wildman–Crippen LogP) is 1.68. The summed E-state index contributed by atoms with van der Waals surface area (Å²) in [5, 5.41) is 10.7. The van der Waals surface area contributed by atoms with E-state index in [1.165, 1.54) is 0 Å². The van der Waals surface area contributed by atoms with Gasteiger partial charge in [-0.3, -0.25) is 10.1 Å². The van der Waals surface area contributed by atoms with E-state index in [4.69, 9.17) is 11.6 Å². The summed E-state index contributed by atoms with van der Waals surface area (Å²) >= 11 is 6.37. The third kappa shape index (κ3) is 3.29. The lowest BCUT2D eigenvalue weighted by Crippen LogP contribution is -2.37. The Balaban J connectivity index is 2.10. The van der Waals surface area contributed by atoms with Gasteiger partial charge in [-0.1, -0.05) is 11.6 Å². The molecule has 0 amide bonds. The van der Waals surface area contributed by atoms with Crippen LogP contribution in [0.25, 0.3) is 0 Å². The van der Waals surface area contributed by atoms with Crippen molar-refractivity contribution in [1.82, 2.24) is 9.62 Å². The minimum Gasteiger partial charge on any atom is -0.302 e. The molecule has 7 nitrogen and oxygen atoms in total. The van der Waals surface area contributed by atoms with Gasteiger partial charge in [0.25, 0.3) is 5.69 Å². The molecule has 1 saturated heterocycles. The normalized spacial score (nSPS) is 20.4. The maximum Gasteiger partial charge on any atom is 0.300 e. The Hall–Kier alpha value is -0.740. The van der Waals surface area contributed by atoms with Gasteiger partial charge in [-0.2, -0.15) is 0 Å². The molecule has 1 aliphatic heterocycles. The summed E-state index contributed by atoms with van der Waals surface area (Å²) < 4.78 is 26.4. The molecule has 112 valence electrons. The number of nitrogens with one attached hydrogen (secondary N) is 1. The fourth-order valence-electron chi connectivity index (χ4n) is 2.11. The van der Waals surface area contributed by atoms with E-state index in [0.717, 1.165) is 25.5 Å². The van der Waals surface area contributed by atoms with E-state index in [9.17, 15) is 18.5 Å². The maximum absolute atomic E-state index is 12.1. The van der Waals surface area contributed by atoms with Gasteiger partial charge >= 0.3 is 0 Å². The van der Waals surface area contributed by atoms with Gasteiger partial charge < -0.3 is 4.90 Å². The standard InChI is InChI=1S/C10H14ClN3O4S2/c1-13-4-2-3-7(13)6-12-20(17,18)9-5-8(14(15)16)10(11)19-9/h5,7,12H,2-4,6H2,1H3. The van der Waals surface area contributed by atoms with Gasteiger partial charge in [-0.05, 0) is 26.4 Å². The molecule has 1 fully saturated rings. The molecule has 1 aromatic heterocycles. The highest BCUT2D eigenvalue weighted by Crippen LogP contribution is 2.36. The van der Waals surface area contributed by atoms with Crippen LogP contribution in [0.2, 0.25) is 4.34 Å². The van der Waals surface area contributed by atoms with Crippen LogP contribution in [0.1, 0.15) is 12.8 Å². The highest BCUT2D eigenvalue weighted by atomic mass is 35.5. The summed E-state index contributed by atoms with van der Waals surface area (Å²) in [5.74, 6) is 0. The van der Waals surface area contributed by atoms with Crippen LogP contribution in [0.4, 0.5) is 5.69 Å².